The van der Waals surface area contributed by atoms with E-state index in [-0.39, 0.29) is 12.2 Å². The molecule has 132 valence electrons. The van der Waals surface area contributed by atoms with E-state index in [2.05, 4.69) is 26.6 Å². The molecule has 0 atom stereocenters. The standard InChI is InChI=1S/C17H16BrFN2O4/c1-24-7-8-25-17(23)21-13-4-2-3-12(10-13)20-16(22)14-9-11(19)5-6-15(14)18/h2-6,9-10H,7-8H2,1H3,(H,20,22)(H,21,23). The first kappa shape index (κ1) is 18.9. The fraction of sp³-hybridized carbons (Fsp3) is 0.176. The van der Waals surface area contributed by atoms with E-state index in [4.69, 9.17) is 9.47 Å². The van der Waals surface area contributed by atoms with E-state index in [1.54, 1.807) is 24.3 Å². The zero-order valence-corrected chi connectivity index (χ0v) is 14.9. The molecule has 8 heteroatoms. The summed E-state index contributed by atoms with van der Waals surface area (Å²) in [7, 11) is 1.50. The Hall–Kier alpha value is -2.45. The van der Waals surface area contributed by atoms with Crippen molar-refractivity contribution in [1.82, 2.24) is 0 Å². The quantitative estimate of drug-likeness (QED) is 0.704. The van der Waals surface area contributed by atoms with Gasteiger partial charge in [-0.25, -0.2) is 9.18 Å². The van der Waals surface area contributed by atoms with E-state index in [1.807, 2.05) is 0 Å². The van der Waals surface area contributed by atoms with Crippen molar-refractivity contribution in [1.29, 1.82) is 0 Å². The number of anilines is 2. The third-order valence-corrected chi connectivity index (χ3v) is 3.75. The highest BCUT2D eigenvalue weighted by atomic mass is 79.9. The second-order valence-electron chi connectivity index (χ2n) is 4.91. The first-order valence-electron chi connectivity index (χ1n) is 7.29. The Morgan fingerprint density at radius 2 is 1.80 bits per heavy atom. The maximum absolute atomic E-state index is 13.3. The van der Waals surface area contributed by atoms with Gasteiger partial charge in [-0.2, -0.15) is 0 Å². The van der Waals surface area contributed by atoms with Gasteiger partial charge >= 0.3 is 6.09 Å². The zero-order chi connectivity index (χ0) is 18.2. The minimum atomic E-state index is -0.631. The minimum Gasteiger partial charge on any atom is -0.447 e. The maximum atomic E-state index is 13.3. The van der Waals surface area contributed by atoms with Crippen LogP contribution in [0, 0.1) is 5.82 Å². The summed E-state index contributed by atoms with van der Waals surface area (Å²) in [4.78, 5) is 23.9. The van der Waals surface area contributed by atoms with Gasteiger partial charge < -0.3 is 14.8 Å². The topological polar surface area (TPSA) is 76.7 Å². The average molecular weight is 411 g/mol. The van der Waals surface area contributed by atoms with Gasteiger partial charge in [-0.3, -0.25) is 10.1 Å². The van der Waals surface area contributed by atoms with Crippen molar-refractivity contribution in [3.8, 4) is 0 Å². The molecule has 0 heterocycles. The lowest BCUT2D eigenvalue weighted by molar-refractivity contribution is 0.102. The number of nitrogens with one attached hydrogen (secondary N) is 2. The molecule has 0 saturated heterocycles. The van der Waals surface area contributed by atoms with Crippen molar-refractivity contribution in [2.75, 3.05) is 31.0 Å². The highest BCUT2D eigenvalue weighted by Crippen LogP contribution is 2.21. The summed E-state index contributed by atoms with van der Waals surface area (Å²) in [6.07, 6.45) is -0.631. The van der Waals surface area contributed by atoms with Gasteiger partial charge in [0.25, 0.3) is 5.91 Å². The summed E-state index contributed by atoms with van der Waals surface area (Å²) >= 11 is 3.21. The lowest BCUT2D eigenvalue weighted by atomic mass is 10.2. The number of hydrogen-bond acceptors (Lipinski definition) is 4. The Labute approximate surface area is 152 Å². The van der Waals surface area contributed by atoms with E-state index in [0.717, 1.165) is 6.07 Å². The summed E-state index contributed by atoms with van der Waals surface area (Å²) in [6, 6.07) is 10.3. The van der Waals surface area contributed by atoms with E-state index in [9.17, 15) is 14.0 Å². The van der Waals surface area contributed by atoms with Gasteiger partial charge in [-0.15, -0.1) is 0 Å². The van der Waals surface area contributed by atoms with Gasteiger partial charge in [0, 0.05) is 23.0 Å². The van der Waals surface area contributed by atoms with Gasteiger partial charge in [0.1, 0.15) is 12.4 Å². The normalized spacial score (nSPS) is 10.2. The number of carbonyl (C=O) groups excluding carboxylic acids is 2. The number of amides is 2. The Balaban J connectivity index is 2.02. The van der Waals surface area contributed by atoms with Crippen molar-refractivity contribution >= 4 is 39.3 Å². The number of rotatable bonds is 6. The van der Waals surface area contributed by atoms with Crippen molar-refractivity contribution in [3.05, 3.63) is 58.3 Å². The highest BCUT2D eigenvalue weighted by molar-refractivity contribution is 9.10. The molecule has 0 fully saturated rings. The fourth-order valence-electron chi connectivity index (χ4n) is 1.92. The Bertz CT molecular complexity index is 770. The average Bonchev–Trinajstić information content (AvgIpc) is 2.57. The van der Waals surface area contributed by atoms with Crippen LogP contribution in [0.4, 0.5) is 20.6 Å². The molecule has 0 radical (unpaired) electrons. The number of carbonyl (C=O) groups is 2. The molecule has 0 aliphatic rings. The first-order valence-corrected chi connectivity index (χ1v) is 8.08. The van der Waals surface area contributed by atoms with Gasteiger partial charge in [0.2, 0.25) is 0 Å². The fourth-order valence-corrected chi connectivity index (χ4v) is 2.34. The molecule has 2 N–H and O–H groups in total. The number of halogens is 2. The lowest BCUT2D eigenvalue weighted by Gasteiger charge is -2.10. The van der Waals surface area contributed by atoms with Crippen LogP contribution in [0.2, 0.25) is 0 Å². The molecule has 0 aliphatic heterocycles. The van der Waals surface area contributed by atoms with Crippen LogP contribution < -0.4 is 10.6 Å². The largest absolute Gasteiger partial charge is 0.447 e. The molecule has 2 amide bonds. The number of hydrogen-bond donors (Lipinski definition) is 2. The molecule has 0 bridgehead atoms. The van der Waals surface area contributed by atoms with E-state index >= 15 is 0 Å². The molecule has 0 spiro atoms. The Morgan fingerprint density at radius 3 is 2.52 bits per heavy atom. The molecule has 2 aromatic carbocycles. The predicted molar refractivity (Wildman–Crippen MR) is 95.3 cm³/mol. The van der Waals surface area contributed by atoms with E-state index in [1.165, 1.54) is 19.2 Å². The van der Waals surface area contributed by atoms with Gasteiger partial charge in [-0.05, 0) is 52.3 Å². The zero-order valence-electron chi connectivity index (χ0n) is 13.3. The van der Waals surface area contributed by atoms with Gasteiger partial charge in [0.15, 0.2) is 0 Å². The molecule has 25 heavy (non-hydrogen) atoms. The molecular formula is C17H16BrFN2O4. The molecule has 2 rings (SSSR count). The van der Waals surface area contributed by atoms with Crippen molar-refractivity contribution in [2.24, 2.45) is 0 Å². The molecule has 0 saturated carbocycles. The summed E-state index contributed by atoms with van der Waals surface area (Å²) in [5.74, 6) is -0.992. The van der Waals surface area contributed by atoms with Gasteiger partial charge in [0.05, 0.1) is 12.2 Å². The van der Waals surface area contributed by atoms with Crippen LogP contribution in [-0.2, 0) is 9.47 Å². The number of methoxy groups -OCH3 is 1. The monoisotopic (exact) mass is 410 g/mol. The lowest BCUT2D eigenvalue weighted by Crippen LogP contribution is -2.17. The van der Waals surface area contributed by atoms with Crippen LogP contribution in [0.15, 0.2) is 46.9 Å². The summed E-state index contributed by atoms with van der Waals surface area (Å²) < 4.78 is 23.5. The van der Waals surface area contributed by atoms with Crippen molar-refractivity contribution in [2.45, 2.75) is 0 Å². The van der Waals surface area contributed by atoms with E-state index in [0.29, 0.717) is 22.5 Å². The van der Waals surface area contributed by atoms with Crippen LogP contribution in [0.3, 0.4) is 0 Å². The predicted octanol–water partition coefficient (Wildman–Crippen LogP) is 4.04. The highest BCUT2D eigenvalue weighted by Gasteiger charge is 2.12. The third-order valence-electron chi connectivity index (χ3n) is 3.06. The molecule has 0 unspecified atom stereocenters. The van der Waals surface area contributed by atoms with Crippen molar-refractivity contribution in [3.63, 3.8) is 0 Å². The summed E-state index contributed by atoms with van der Waals surface area (Å²) in [5.41, 5.74) is 1.05. The molecule has 2 aromatic rings. The third kappa shape index (κ3) is 5.84. The number of ether oxygens (including phenoxy) is 2. The first-order chi connectivity index (χ1) is 12.0. The smallest absolute Gasteiger partial charge is 0.411 e. The van der Waals surface area contributed by atoms with Crippen LogP contribution in [0.1, 0.15) is 10.4 Å². The van der Waals surface area contributed by atoms with Crippen molar-refractivity contribution < 1.29 is 23.5 Å². The molecule has 0 aromatic heterocycles. The molecule has 0 aliphatic carbocycles. The SMILES string of the molecule is COCCOC(=O)Nc1cccc(NC(=O)c2cc(F)ccc2Br)c1. The van der Waals surface area contributed by atoms with E-state index < -0.39 is 17.8 Å². The second-order valence-corrected chi connectivity index (χ2v) is 5.77. The van der Waals surface area contributed by atoms with Gasteiger partial charge in [-0.1, -0.05) is 6.07 Å². The minimum absolute atomic E-state index is 0.131. The Morgan fingerprint density at radius 1 is 1.08 bits per heavy atom. The van der Waals surface area contributed by atoms with Crippen LogP contribution in [-0.4, -0.2) is 32.3 Å². The van der Waals surface area contributed by atoms with Crippen LogP contribution >= 0.6 is 15.9 Å². The molecular weight excluding hydrogens is 395 g/mol. The van der Waals surface area contributed by atoms with Crippen LogP contribution in [0.5, 0.6) is 0 Å². The second kappa shape index (κ2) is 9.14. The summed E-state index contributed by atoms with van der Waals surface area (Å²) in [5, 5.41) is 5.18. The van der Waals surface area contributed by atoms with Crippen LogP contribution in [0.25, 0.3) is 0 Å². The number of benzene rings is 2. The Kier molecular flexibility index (Phi) is 6.91. The maximum Gasteiger partial charge on any atom is 0.411 e. The molecule has 6 nitrogen and oxygen atoms in total. The summed E-state index contributed by atoms with van der Waals surface area (Å²) in [6.45, 7) is 0.429.